The number of aliphatic carboxylic acids is 1. The summed E-state index contributed by atoms with van der Waals surface area (Å²) < 4.78 is 5.39. The van der Waals surface area contributed by atoms with Crippen molar-refractivity contribution in [1.82, 2.24) is 4.90 Å². The van der Waals surface area contributed by atoms with Gasteiger partial charge in [0.15, 0.2) is 0 Å². The van der Waals surface area contributed by atoms with Crippen molar-refractivity contribution in [2.75, 3.05) is 20.2 Å². The third-order valence-corrected chi connectivity index (χ3v) is 5.01. The van der Waals surface area contributed by atoms with Gasteiger partial charge in [-0.2, -0.15) is 0 Å². The van der Waals surface area contributed by atoms with Crippen LogP contribution in [0.1, 0.15) is 32.3 Å². The number of likely N-dealkylation sites (tertiary alicyclic amines) is 1. The molecule has 0 radical (unpaired) electrons. The molecule has 4 nitrogen and oxygen atoms in total. The Hall–Kier alpha value is -1.39. The van der Waals surface area contributed by atoms with E-state index in [2.05, 4.69) is 18.7 Å². The third-order valence-electron chi connectivity index (χ3n) is 5.01. The predicted molar refractivity (Wildman–Crippen MR) is 82.5 cm³/mol. The minimum absolute atomic E-state index is 0.152. The van der Waals surface area contributed by atoms with Gasteiger partial charge in [0, 0.05) is 13.2 Å². The highest BCUT2D eigenvalue weighted by Gasteiger charge is 2.43. The highest BCUT2D eigenvalue weighted by atomic mass is 16.5. The van der Waals surface area contributed by atoms with Crippen molar-refractivity contribution < 1.29 is 14.6 Å². The van der Waals surface area contributed by atoms with Crippen molar-refractivity contribution in [1.29, 1.82) is 0 Å². The van der Waals surface area contributed by atoms with Gasteiger partial charge in [-0.15, -0.1) is 0 Å². The second-order valence-corrected chi connectivity index (χ2v) is 5.97. The van der Waals surface area contributed by atoms with Crippen LogP contribution in [0.5, 0.6) is 0 Å². The lowest BCUT2D eigenvalue weighted by atomic mass is 9.72. The van der Waals surface area contributed by atoms with E-state index < -0.39 is 11.4 Å². The van der Waals surface area contributed by atoms with E-state index in [0.717, 1.165) is 18.7 Å². The number of nitrogens with zero attached hydrogens (tertiary/aromatic N) is 1. The summed E-state index contributed by atoms with van der Waals surface area (Å²) in [5, 5.41) is 9.78. The van der Waals surface area contributed by atoms with Gasteiger partial charge in [0.05, 0.1) is 11.5 Å². The van der Waals surface area contributed by atoms with E-state index in [1.807, 2.05) is 30.3 Å². The molecule has 0 aliphatic carbocycles. The summed E-state index contributed by atoms with van der Waals surface area (Å²) in [4.78, 5) is 14.2. The molecule has 1 aromatic rings. The fraction of sp³-hybridized carbons (Fsp3) is 0.588. The summed E-state index contributed by atoms with van der Waals surface area (Å²) in [5.74, 6) is -0.708. The van der Waals surface area contributed by atoms with Crippen LogP contribution >= 0.6 is 0 Å². The molecule has 0 bridgehead atoms. The highest BCUT2D eigenvalue weighted by molar-refractivity contribution is 5.81. The zero-order valence-electron chi connectivity index (χ0n) is 13.1. The lowest BCUT2D eigenvalue weighted by molar-refractivity contribution is -0.146. The Labute approximate surface area is 126 Å². The Kier molecular flexibility index (Phi) is 5.01. The van der Waals surface area contributed by atoms with Crippen molar-refractivity contribution in [2.24, 2.45) is 0 Å². The number of rotatable bonds is 5. The van der Waals surface area contributed by atoms with E-state index in [1.54, 1.807) is 7.11 Å². The molecular formula is C17H25NO3. The molecule has 1 aliphatic heterocycles. The van der Waals surface area contributed by atoms with E-state index in [0.29, 0.717) is 18.9 Å². The molecule has 2 rings (SSSR count). The SMILES string of the molecule is COC(C)C(C)N1CCC(C(=O)O)(c2ccccc2)CC1. The second-order valence-electron chi connectivity index (χ2n) is 5.97. The van der Waals surface area contributed by atoms with Crippen molar-refractivity contribution in [3.05, 3.63) is 35.9 Å². The molecule has 1 heterocycles. The monoisotopic (exact) mass is 291 g/mol. The van der Waals surface area contributed by atoms with Gasteiger partial charge in [-0.3, -0.25) is 9.69 Å². The number of methoxy groups -OCH3 is 1. The molecule has 1 N–H and O–H groups in total. The summed E-state index contributed by atoms with van der Waals surface area (Å²) >= 11 is 0. The van der Waals surface area contributed by atoms with Gasteiger partial charge in [-0.05, 0) is 45.3 Å². The Balaban J connectivity index is 2.14. The predicted octanol–water partition coefficient (Wildman–Crippen LogP) is 2.53. The molecule has 2 unspecified atom stereocenters. The van der Waals surface area contributed by atoms with Gasteiger partial charge in [0.2, 0.25) is 0 Å². The fourth-order valence-electron chi connectivity index (χ4n) is 3.19. The van der Waals surface area contributed by atoms with Crippen LogP contribution in [0.15, 0.2) is 30.3 Å². The highest BCUT2D eigenvalue weighted by Crippen LogP contribution is 2.36. The van der Waals surface area contributed by atoms with Gasteiger partial charge in [0.25, 0.3) is 0 Å². The van der Waals surface area contributed by atoms with Crippen LogP contribution < -0.4 is 0 Å². The molecule has 4 heteroatoms. The first-order chi connectivity index (χ1) is 10.0. The van der Waals surface area contributed by atoms with Crippen LogP contribution in [0.2, 0.25) is 0 Å². The molecule has 2 atom stereocenters. The number of piperidine rings is 1. The largest absolute Gasteiger partial charge is 0.481 e. The van der Waals surface area contributed by atoms with Crippen molar-refractivity contribution in [3.63, 3.8) is 0 Å². The number of carbonyl (C=O) groups is 1. The number of carboxylic acids is 1. The number of hydrogen-bond donors (Lipinski definition) is 1. The van der Waals surface area contributed by atoms with E-state index in [1.165, 1.54) is 0 Å². The number of carboxylic acid groups (broad SMARTS) is 1. The molecule has 0 spiro atoms. The Morgan fingerprint density at radius 2 is 1.81 bits per heavy atom. The quantitative estimate of drug-likeness (QED) is 0.905. The van der Waals surface area contributed by atoms with Gasteiger partial charge < -0.3 is 9.84 Å². The first-order valence-corrected chi connectivity index (χ1v) is 7.57. The van der Waals surface area contributed by atoms with E-state index in [-0.39, 0.29) is 6.10 Å². The van der Waals surface area contributed by atoms with Crippen molar-refractivity contribution in [2.45, 2.75) is 44.2 Å². The molecule has 116 valence electrons. The smallest absolute Gasteiger partial charge is 0.314 e. The fourth-order valence-corrected chi connectivity index (χ4v) is 3.19. The number of benzene rings is 1. The first-order valence-electron chi connectivity index (χ1n) is 7.57. The van der Waals surface area contributed by atoms with E-state index in [4.69, 9.17) is 4.74 Å². The zero-order valence-corrected chi connectivity index (χ0v) is 13.1. The minimum Gasteiger partial charge on any atom is -0.481 e. The lowest BCUT2D eigenvalue weighted by Crippen LogP contribution is -2.52. The van der Waals surface area contributed by atoms with Crippen LogP contribution in [0.4, 0.5) is 0 Å². The van der Waals surface area contributed by atoms with E-state index >= 15 is 0 Å². The standard InChI is InChI=1S/C17H25NO3/c1-13(14(2)21-3)18-11-9-17(10-12-18,16(19)20)15-7-5-4-6-8-15/h4-8,13-14H,9-12H2,1-3H3,(H,19,20). The molecule has 21 heavy (non-hydrogen) atoms. The molecule has 1 aromatic carbocycles. The van der Waals surface area contributed by atoms with Crippen LogP contribution in [0, 0.1) is 0 Å². The summed E-state index contributed by atoms with van der Waals surface area (Å²) in [6.07, 6.45) is 1.44. The summed E-state index contributed by atoms with van der Waals surface area (Å²) in [6, 6.07) is 9.94. The van der Waals surface area contributed by atoms with Crippen molar-refractivity contribution in [3.8, 4) is 0 Å². The minimum atomic E-state index is -0.742. The van der Waals surface area contributed by atoms with E-state index in [9.17, 15) is 9.90 Å². The molecule has 0 amide bonds. The van der Waals surface area contributed by atoms with Crippen molar-refractivity contribution >= 4 is 5.97 Å². The molecule has 0 aromatic heterocycles. The molecular weight excluding hydrogens is 266 g/mol. The summed E-state index contributed by atoms with van der Waals surface area (Å²) in [7, 11) is 1.72. The Bertz CT molecular complexity index is 466. The molecule has 1 saturated heterocycles. The average Bonchev–Trinajstić information content (AvgIpc) is 2.54. The normalized spacial score (nSPS) is 21.7. The lowest BCUT2D eigenvalue weighted by Gasteiger charge is -2.42. The summed E-state index contributed by atoms with van der Waals surface area (Å²) in [6.45, 7) is 5.78. The Morgan fingerprint density at radius 1 is 1.24 bits per heavy atom. The Morgan fingerprint density at radius 3 is 2.29 bits per heavy atom. The van der Waals surface area contributed by atoms with Gasteiger partial charge in [0.1, 0.15) is 0 Å². The second kappa shape index (κ2) is 6.58. The maximum absolute atomic E-state index is 11.9. The van der Waals surface area contributed by atoms with Crippen LogP contribution in [0.3, 0.4) is 0 Å². The third kappa shape index (κ3) is 3.11. The molecule has 1 fully saturated rings. The first kappa shape index (κ1) is 16.0. The number of ether oxygens (including phenoxy) is 1. The average molecular weight is 291 g/mol. The van der Waals surface area contributed by atoms with Gasteiger partial charge in [-0.1, -0.05) is 30.3 Å². The van der Waals surface area contributed by atoms with Crippen LogP contribution in [-0.2, 0) is 14.9 Å². The van der Waals surface area contributed by atoms with Crippen LogP contribution in [0.25, 0.3) is 0 Å². The maximum atomic E-state index is 11.9. The summed E-state index contributed by atoms with van der Waals surface area (Å²) in [5.41, 5.74) is 0.179. The topological polar surface area (TPSA) is 49.8 Å². The maximum Gasteiger partial charge on any atom is 0.314 e. The number of hydrogen-bond acceptors (Lipinski definition) is 3. The van der Waals surface area contributed by atoms with Crippen LogP contribution in [-0.4, -0.2) is 48.3 Å². The molecule has 0 saturated carbocycles. The van der Waals surface area contributed by atoms with Gasteiger partial charge in [-0.25, -0.2) is 0 Å². The molecule has 1 aliphatic rings. The zero-order chi connectivity index (χ0) is 15.5. The van der Waals surface area contributed by atoms with Gasteiger partial charge >= 0.3 is 5.97 Å².